The number of nitrogens with one attached hydrogen (secondary N) is 1. The van der Waals surface area contributed by atoms with Gasteiger partial charge in [0.2, 0.25) is 0 Å². The van der Waals surface area contributed by atoms with E-state index in [1.165, 1.54) is 38.8 Å². The maximum Gasteiger partial charge on any atom is -0.00439 e. The van der Waals surface area contributed by atoms with Gasteiger partial charge in [0.1, 0.15) is 0 Å². The third kappa shape index (κ3) is 12.0. The van der Waals surface area contributed by atoms with Crippen molar-refractivity contribution in [2.24, 2.45) is 11.3 Å². The Kier molecular flexibility index (Phi) is 7.26. The van der Waals surface area contributed by atoms with E-state index in [-0.39, 0.29) is 0 Å². The highest BCUT2D eigenvalue weighted by atomic mass is 14.8. The van der Waals surface area contributed by atoms with Crippen molar-refractivity contribution in [3.05, 3.63) is 0 Å². The standard InChI is InChI=1S/C13H29N/c1-12(2)8-6-7-10-14-11-9-13(3,4)5/h12,14H,6-11H2,1-5H3. The first-order valence-electron chi connectivity index (χ1n) is 6.12. The van der Waals surface area contributed by atoms with Crippen LogP contribution in [0.3, 0.4) is 0 Å². The first kappa shape index (κ1) is 14.0. The monoisotopic (exact) mass is 199 g/mol. The Balaban J connectivity index is 3.07. The Hall–Kier alpha value is -0.0400. The van der Waals surface area contributed by atoms with Crippen molar-refractivity contribution in [2.75, 3.05) is 13.1 Å². The van der Waals surface area contributed by atoms with Gasteiger partial charge in [-0.2, -0.15) is 0 Å². The van der Waals surface area contributed by atoms with Crippen LogP contribution in [-0.4, -0.2) is 13.1 Å². The molecule has 1 N–H and O–H groups in total. The maximum atomic E-state index is 3.52. The largest absolute Gasteiger partial charge is 0.317 e. The Morgan fingerprint density at radius 1 is 1.00 bits per heavy atom. The van der Waals surface area contributed by atoms with E-state index in [0.717, 1.165) is 5.92 Å². The Morgan fingerprint density at radius 2 is 1.64 bits per heavy atom. The van der Waals surface area contributed by atoms with Gasteiger partial charge >= 0.3 is 0 Å². The summed E-state index contributed by atoms with van der Waals surface area (Å²) in [5, 5.41) is 3.52. The smallest absolute Gasteiger partial charge is 0.00439 e. The van der Waals surface area contributed by atoms with Crippen molar-refractivity contribution in [1.82, 2.24) is 5.32 Å². The summed E-state index contributed by atoms with van der Waals surface area (Å²) in [5.74, 6) is 0.865. The highest BCUT2D eigenvalue weighted by Crippen LogP contribution is 2.16. The fraction of sp³-hybridized carbons (Fsp3) is 1.00. The van der Waals surface area contributed by atoms with Crippen LogP contribution in [0.2, 0.25) is 0 Å². The molecule has 0 aliphatic heterocycles. The summed E-state index contributed by atoms with van der Waals surface area (Å²) < 4.78 is 0. The van der Waals surface area contributed by atoms with Crippen molar-refractivity contribution >= 4 is 0 Å². The van der Waals surface area contributed by atoms with Gasteiger partial charge < -0.3 is 5.32 Å². The summed E-state index contributed by atoms with van der Waals surface area (Å²) in [4.78, 5) is 0. The van der Waals surface area contributed by atoms with Crippen molar-refractivity contribution in [1.29, 1.82) is 0 Å². The van der Waals surface area contributed by atoms with Crippen molar-refractivity contribution in [3.63, 3.8) is 0 Å². The molecule has 0 unspecified atom stereocenters. The van der Waals surface area contributed by atoms with Gasteiger partial charge in [0, 0.05) is 0 Å². The van der Waals surface area contributed by atoms with E-state index < -0.39 is 0 Å². The van der Waals surface area contributed by atoms with Gasteiger partial charge in [-0.1, -0.05) is 47.5 Å². The van der Waals surface area contributed by atoms with Crippen LogP contribution in [0.5, 0.6) is 0 Å². The zero-order valence-electron chi connectivity index (χ0n) is 10.8. The highest BCUT2D eigenvalue weighted by molar-refractivity contribution is 4.63. The van der Waals surface area contributed by atoms with Crippen molar-refractivity contribution in [2.45, 2.75) is 60.3 Å². The molecule has 1 nitrogen and oxygen atoms in total. The lowest BCUT2D eigenvalue weighted by Crippen LogP contribution is -2.21. The van der Waals surface area contributed by atoms with Gasteiger partial charge in [0.05, 0.1) is 0 Å². The zero-order chi connectivity index (χ0) is 11.0. The molecule has 0 aromatic carbocycles. The Labute approximate surface area is 90.7 Å². The van der Waals surface area contributed by atoms with Crippen LogP contribution in [0.25, 0.3) is 0 Å². The lowest BCUT2D eigenvalue weighted by Gasteiger charge is -2.18. The fourth-order valence-electron chi connectivity index (χ4n) is 1.39. The van der Waals surface area contributed by atoms with Crippen LogP contribution < -0.4 is 5.32 Å². The molecular weight excluding hydrogens is 170 g/mol. The first-order chi connectivity index (χ1) is 6.42. The van der Waals surface area contributed by atoms with Crippen LogP contribution >= 0.6 is 0 Å². The third-order valence-corrected chi connectivity index (χ3v) is 2.44. The molecule has 0 aliphatic carbocycles. The molecule has 0 amide bonds. The summed E-state index contributed by atoms with van der Waals surface area (Å²) in [7, 11) is 0. The van der Waals surface area contributed by atoms with Gasteiger partial charge in [0.25, 0.3) is 0 Å². The summed E-state index contributed by atoms with van der Waals surface area (Å²) in [6.45, 7) is 13.9. The molecule has 0 spiro atoms. The number of hydrogen-bond donors (Lipinski definition) is 1. The Bertz CT molecular complexity index is 122. The Morgan fingerprint density at radius 3 is 2.14 bits per heavy atom. The minimum Gasteiger partial charge on any atom is -0.317 e. The summed E-state index contributed by atoms with van der Waals surface area (Å²) >= 11 is 0. The number of unbranched alkanes of at least 4 members (excludes halogenated alkanes) is 1. The fourth-order valence-corrected chi connectivity index (χ4v) is 1.39. The van der Waals surface area contributed by atoms with Crippen LogP contribution in [0.15, 0.2) is 0 Å². The van der Waals surface area contributed by atoms with E-state index in [9.17, 15) is 0 Å². The zero-order valence-corrected chi connectivity index (χ0v) is 10.8. The maximum absolute atomic E-state index is 3.52. The second kappa shape index (κ2) is 7.28. The predicted molar refractivity (Wildman–Crippen MR) is 65.6 cm³/mol. The van der Waals surface area contributed by atoms with Crippen LogP contribution in [0, 0.1) is 11.3 Å². The van der Waals surface area contributed by atoms with E-state index in [1.807, 2.05) is 0 Å². The predicted octanol–water partition coefficient (Wildman–Crippen LogP) is 3.84. The second-order valence-electron chi connectivity index (χ2n) is 5.95. The second-order valence-corrected chi connectivity index (χ2v) is 5.95. The molecule has 0 aromatic heterocycles. The molecule has 0 atom stereocenters. The summed E-state index contributed by atoms with van der Waals surface area (Å²) in [5.41, 5.74) is 0.477. The number of rotatable bonds is 7. The minimum atomic E-state index is 0.477. The lowest BCUT2D eigenvalue weighted by molar-refractivity contribution is 0.365. The molecule has 0 bridgehead atoms. The summed E-state index contributed by atoms with van der Waals surface area (Å²) in [6, 6.07) is 0. The molecule has 86 valence electrons. The molecule has 0 aliphatic rings. The average Bonchev–Trinajstić information content (AvgIpc) is 2.00. The molecule has 14 heavy (non-hydrogen) atoms. The minimum absolute atomic E-state index is 0.477. The van der Waals surface area contributed by atoms with E-state index >= 15 is 0 Å². The molecule has 0 aromatic rings. The van der Waals surface area contributed by atoms with Crippen molar-refractivity contribution in [3.8, 4) is 0 Å². The van der Waals surface area contributed by atoms with Crippen LogP contribution in [0.4, 0.5) is 0 Å². The summed E-state index contributed by atoms with van der Waals surface area (Å²) in [6.07, 6.45) is 5.36. The van der Waals surface area contributed by atoms with E-state index in [4.69, 9.17) is 0 Å². The van der Waals surface area contributed by atoms with Crippen LogP contribution in [-0.2, 0) is 0 Å². The first-order valence-corrected chi connectivity index (χ1v) is 6.12. The van der Waals surface area contributed by atoms with E-state index in [2.05, 4.69) is 39.9 Å². The lowest BCUT2D eigenvalue weighted by atomic mass is 9.92. The molecule has 1 heteroatoms. The van der Waals surface area contributed by atoms with Crippen LogP contribution in [0.1, 0.15) is 60.3 Å². The van der Waals surface area contributed by atoms with E-state index in [1.54, 1.807) is 0 Å². The van der Waals surface area contributed by atoms with Gasteiger partial charge in [-0.15, -0.1) is 0 Å². The molecule has 0 heterocycles. The molecule has 0 rings (SSSR count). The molecule has 0 fully saturated rings. The van der Waals surface area contributed by atoms with Gasteiger partial charge in [-0.25, -0.2) is 0 Å². The van der Waals surface area contributed by atoms with Gasteiger partial charge in [-0.05, 0) is 37.3 Å². The number of hydrogen-bond acceptors (Lipinski definition) is 1. The topological polar surface area (TPSA) is 12.0 Å². The molecular formula is C13H29N. The van der Waals surface area contributed by atoms with E-state index in [0.29, 0.717) is 5.41 Å². The molecule has 0 saturated carbocycles. The molecule has 0 radical (unpaired) electrons. The average molecular weight is 199 g/mol. The quantitative estimate of drug-likeness (QED) is 0.614. The molecule has 0 saturated heterocycles. The third-order valence-electron chi connectivity index (χ3n) is 2.44. The SMILES string of the molecule is CC(C)CCCCNCCC(C)(C)C. The normalized spacial score (nSPS) is 12.4. The van der Waals surface area contributed by atoms with Gasteiger partial charge in [0.15, 0.2) is 0 Å². The van der Waals surface area contributed by atoms with Gasteiger partial charge in [-0.3, -0.25) is 0 Å². The highest BCUT2D eigenvalue weighted by Gasteiger charge is 2.08. The van der Waals surface area contributed by atoms with Crippen molar-refractivity contribution < 1.29 is 0 Å².